The summed E-state index contributed by atoms with van der Waals surface area (Å²) in [6, 6.07) is 60.9. The number of aromatic nitrogens is 4. The van der Waals surface area contributed by atoms with Gasteiger partial charge >= 0.3 is 0 Å². The van der Waals surface area contributed by atoms with Crippen LogP contribution < -0.4 is 0 Å². The molecule has 0 atom stereocenters. The largest absolute Gasteiger partial charge is 0.309 e. The molecule has 238 valence electrons. The van der Waals surface area contributed by atoms with Gasteiger partial charge < -0.3 is 4.57 Å². The van der Waals surface area contributed by atoms with E-state index < -0.39 is 0 Å². The van der Waals surface area contributed by atoms with Crippen molar-refractivity contribution in [2.24, 2.45) is 0 Å². The van der Waals surface area contributed by atoms with Crippen LogP contribution in [0.3, 0.4) is 0 Å². The molecule has 0 saturated carbocycles. The third-order valence-corrected chi connectivity index (χ3v) is 10.6. The summed E-state index contributed by atoms with van der Waals surface area (Å²) in [5.74, 6) is 1.69. The highest BCUT2D eigenvalue weighted by Gasteiger charge is 2.27. The molecule has 0 saturated heterocycles. The number of benzene rings is 7. The molecule has 4 heteroatoms. The summed E-state index contributed by atoms with van der Waals surface area (Å²) < 4.78 is 4.73. The minimum Gasteiger partial charge on any atom is -0.309 e. The lowest BCUT2D eigenvalue weighted by atomic mass is 10.0. The van der Waals surface area contributed by atoms with Crippen LogP contribution in [0.4, 0.5) is 0 Å². The first-order chi connectivity index (χ1) is 25.3. The first kappa shape index (κ1) is 28.1. The van der Waals surface area contributed by atoms with Gasteiger partial charge in [0.25, 0.3) is 0 Å². The summed E-state index contributed by atoms with van der Waals surface area (Å²) in [7, 11) is 0. The van der Waals surface area contributed by atoms with Gasteiger partial charge in [-0.25, -0.2) is 9.97 Å². The van der Waals surface area contributed by atoms with Crippen molar-refractivity contribution < 1.29 is 0 Å². The highest BCUT2D eigenvalue weighted by atomic mass is 15.1. The second kappa shape index (κ2) is 10.9. The van der Waals surface area contributed by atoms with Crippen LogP contribution in [0.25, 0.3) is 88.9 Å². The van der Waals surface area contributed by atoms with E-state index >= 15 is 0 Å². The maximum atomic E-state index is 5.36. The van der Waals surface area contributed by atoms with Gasteiger partial charge in [-0.15, -0.1) is 0 Å². The lowest BCUT2D eigenvalue weighted by Crippen LogP contribution is -2.06. The molecular formula is C47H30N4. The van der Waals surface area contributed by atoms with E-state index in [2.05, 4.69) is 173 Å². The molecule has 0 N–H and O–H groups in total. The van der Waals surface area contributed by atoms with Gasteiger partial charge in [-0.3, -0.25) is 4.57 Å². The Morgan fingerprint density at radius 1 is 0.412 bits per heavy atom. The van der Waals surface area contributed by atoms with E-state index in [1.54, 1.807) is 0 Å². The molecule has 0 fully saturated rings. The fourth-order valence-corrected chi connectivity index (χ4v) is 8.24. The quantitative estimate of drug-likeness (QED) is 0.190. The van der Waals surface area contributed by atoms with Gasteiger partial charge in [-0.2, -0.15) is 0 Å². The summed E-state index contributed by atoms with van der Waals surface area (Å²) in [5.41, 5.74) is 13.9. The van der Waals surface area contributed by atoms with Gasteiger partial charge in [-0.05, 0) is 65.2 Å². The monoisotopic (exact) mass is 650 g/mol. The lowest BCUT2D eigenvalue weighted by Gasteiger charge is -2.14. The Kier molecular flexibility index (Phi) is 5.98. The van der Waals surface area contributed by atoms with Crippen molar-refractivity contribution in [1.29, 1.82) is 0 Å². The predicted molar refractivity (Wildman–Crippen MR) is 210 cm³/mol. The number of nitrogens with zero attached hydrogens (tertiary/aromatic N) is 4. The summed E-state index contributed by atoms with van der Waals surface area (Å²) in [5, 5.41) is 4.92. The molecule has 0 amide bonds. The van der Waals surface area contributed by atoms with E-state index in [0.29, 0.717) is 0 Å². The topological polar surface area (TPSA) is 35.6 Å². The fraction of sp³-hybridized carbons (Fsp3) is 0.0213. The zero-order valence-corrected chi connectivity index (χ0v) is 27.7. The van der Waals surface area contributed by atoms with Crippen molar-refractivity contribution in [3.8, 4) is 45.3 Å². The Morgan fingerprint density at radius 3 is 1.67 bits per heavy atom. The summed E-state index contributed by atoms with van der Waals surface area (Å²) in [4.78, 5) is 10.6. The molecule has 51 heavy (non-hydrogen) atoms. The molecule has 1 aliphatic rings. The van der Waals surface area contributed by atoms with Crippen molar-refractivity contribution in [3.63, 3.8) is 0 Å². The highest BCUT2D eigenvalue weighted by molar-refractivity contribution is 6.12. The van der Waals surface area contributed by atoms with Crippen LogP contribution in [-0.4, -0.2) is 19.1 Å². The minimum absolute atomic E-state index is 0.742. The molecule has 1 aliphatic carbocycles. The Balaban J connectivity index is 1.13. The zero-order valence-electron chi connectivity index (χ0n) is 27.7. The first-order valence-electron chi connectivity index (χ1n) is 17.5. The van der Waals surface area contributed by atoms with E-state index in [-0.39, 0.29) is 0 Å². The molecule has 4 nitrogen and oxygen atoms in total. The number of rotatable bonds is 4. The normalized spacial score (nSPS) is 12.2. The maximum Gasteiger partial charge on any atom is 0.162 e. The Morgan fingerprint density at radius 2 is 0.961 bits per heavy atom. The average molecular weight is 651 g/mol. The fourth-order valence-electron chi connectivity index (χ4n) is 8.24. The molecule has 3 aromatic heterocycles. The van der Waals surface area contributed by atoms with Crippen molar-refractivity contribution in [3.05, 3.63) is 181 Å². The van der Waals surface area contributed by atoms with Gasteiger partial charge in [0, 0.05) is 50.3 Å². The number of para-hydroxylation sites is 3. The lowest BCUT2D eigenvalue weighted by molar-refractivity contribution is 1.01. The van der Waals surface area contributed by atoms with Crippen molar-refractivity contribution in [2.75, 3.05) is 0 Å². The van der Waals surface area contributed by atoms with Crippen LogP contribution in [0.2, 0.25) is 0 Å². The van der Waals surface area contributed by atoms with Crippen LogP contribution in [-0.2, 0) is 6.42 Å². The summed E-state index contributed by atoms with van der Waals surface area (Å²) in [6.07, 6.45) is 0.804. The smallest absolute Gasteiger partial charge is 0.162 e. The van der Waals surface area contributed by atoms with Crippen molar-refractivity contribution in [2.45, 2.75) is 6.42 Å². The molecule has 7 aromatic carbocycles. The van der Waals surface area contributed by atoms with E-state index in [1.807, 2.05) is 6.07 Å². The second-order valence-corrected chi connectivity index (χ2v) is 13.4. The van der Waals surface area contributed by atoms with Gasteiger partial charge in [-0.1, -0.05) is 121 Å². The zero-order chi connectivity index (χ0) is 33.5. The average Bonchev–Trinajstić information content (AvgIpc) is 3.85. The third kappa shape index (κ3) is 4.20. The maximum absolute atomic E-state index is 5.36. The van der Waals surface area contributed by atoms with Crippen LogP contribution in [0.15, 0.2) is 170 Å². The molecule has 0 radical (unpaired) electrons. The van der Waals surface area contributed by atoms with Crippen LogP contribution in [0, 0.1) is 0 Å². The molecule has 0 bridgehead atoms. The molecule has 11 rings (SSSR count). The van der Waals surface area contributed by atoms with Gasteiger partial charge in [0.15, 0.2) is 5.82 Å². The Labute approximate surface area is 294 Å². The number of hydrogen-bond donors (Lipinski definition) is 0. The van der Waals surface area contributed by atoms with Crippen molar-refractivity contribution >= 4 is 43.6 Å². The van der Waals surface area contributed by atoms with Gasteiger partial charge in [0.1, 0.15) is 5.82 Å². The number of fused-ring (bicyclic) bond motifs is 9. The molecular weight excluding hydrogens is 621 g/mol. The Hall–Kier alpha value is -6.78. The molecule has 0 aliphatic heterocycles. The van der Waals surface area contributed by atoms with E-state index in [9.17, 15) is 0 Å². The predicted octanol–water partition coefficient (Wildman–Crippen LogP) is 11.6. The van der Waals surface area contributed by atoms with Gasteiger partial charge in [0.05, 0.1) is 27.8 Å². The summed E-state index contributed by atoms with van der Waals surface area (Å²) in [6.45, 7) is 0. The number of hydrogen-bond acceptors (Lipinski definition) is 2. The highest BCUT2D eigenvalue weighted by Crippen LogP contribution is 2.43. The van der Waals surface area contributed by atoms with Crippen LogP contribution >= 0.6 is 0 Å². The molecule has 0 unspecified atom stereocenters. The Bertz CT molecular complexity index is 2990. The third-order valence-electron chi connectivity index (χ3n) is 10.6. The van der Waals surface area contributed by atoms with E-state index in [1.165, 1.54) is 66.1 Å². The van der Waals surface area contributed by atoms with Crippen LogP contribution in [0.1, 0.15) is 11.1 Å². The SMILES string of the molecule is c1ccc(-c2nc3c(c(-n4c5ccccc5c5cc(-c6ccc7c(c6)c6ccccc6n7-c6ccccc6)ccc54)n2)Cc2ccccc2-3)cc1. The van der Waals surface area contributed by atoms with E-state index in [0.717, 1.165) is 40.4 Å². The molecule has 0 spiro atoms. The second-order valence-electron chi connectivity index (χ2n) is 13.4. The minimum atomic E-state index is 0.742. The molecule has 10 aromatic rings. The standard InChI is InChI=1S/C47H30N4/c1-3-13-30(14-4-1)46-48-45-35-18-8-7-15-33(35)29-40(45)47(49-46)51-42-22-12-10-20-37(42)39-28-32(24-26-44(39)51)31-23-25-43-38(27-31)36-19-9-11-21-41(36)50(43)34-16-5-2-6-17-34/h1-28H,29H2. The van der Waals surface area contributed by atoms with Gasteiger partial charge in [0.2, 0.25) is 0 Å². The van der Waals surface area contributed by atoms with E-state index in [4.69, 9.17) is 9.97 Å². The van der Waals surface area contributed by atoms with Crippen LogP contribution in [0.5, 0.6) is 0 Å². The van der Waals surface area contributed by atoms with Crippen molar-refractivity contribution in [1.82, 2.24) is 19.1 Å². The summed E-state index contributed by atoms with van der Waals surface area (Å²) >= 11 is 0. The first-order valence-corrected chi connectivity index (χ1v) is 17.5. The molecule has 3 heterocycles.